The van der Waals surface area contributed by atoms with E-state index in [1.54, 1.807) is 11.8 Å². The number of nitrogens with zero attached hydrogens (tertiary/aromatic N) is 2. The van der Waals surface area contributed by atoms with Gasteiger partial charge in [-0.25, -0.2) is 9.97 Å². The zero-order valence-electron chi connectivity index (χ0n) is 13.6. The standard InChI is InChI=1S/C15H28N4OS/c1-5-7-12-18-13(16-8-6-2)9-14(19-12)17-10-15(3,20)11-21-4/h9,20H,5-8,10-11H2,1-4H3,(H2,16,17,18,19). The maximum absolute atomic E-state index is 10.2. The van der Waals surface area contributed by atoms with Gasteiger partial charge in [-0.3, -0.25) is 0 Å². The summed E-state index contributed by atoms with van der Waals surface area (Å²) in [4.78, 5) is 9.03. The van der Waals surface area contributed by atoms with Crippen LogP contribution in [0.2, 0.25) is 0 Å². The molecule has 0 saturated carbocycles. The van der Waals surface area contributed by atoms with E-state index in [1.165, 1.54) is 0 Å². The van der Waals surface area contributed by atoms with Gasteiger partial charge >= 0.3 is 0 Å². The molecule has 1 aromatic rings. The number of thioether (sulfide) groups is 1. The summed E-state index contributed by atoms with van der Waals surface area (Å²) in [5, 5.41) is 16.7. The van der Waals surface area contributed by atoms with Crippen LogP contribution in [0.15, 0.2) is 6.07 Å². The maximum atomic E-state index is 10.2. The van der Waals surface area contributed by atoms with Crippen LogP contribution in [0.5, 0.6) is 0 Å². The second-order valence-corrected chi connectivity index (χ2v) is 6.38. The molecule has 0 aliphatic rings. The Balaban J connectivity index is 2.77. The average molecular weight is 312 g/mol. The van der Waals surface area contributed by atoms with E-state index in [9.17, 15) is 5.11 Å². The van der Waals surface area contributed by atoms with E-state index in [1.807, 2.05) is 19.2 Å². The van der Waals surface area contributed by atoms with Crippen molar-refractivity contribution in [3.05, 3.63) is 11.9 Å². The molecule has 1 atom stereocenters. The van der Waals surface area contributed by atoms with Crippen molar-refractivity contribution >= 4 is 23.4 Å². The molecule has 3 N–H and O–H groups in total. The lowest BCUT2D eigenvalue weighted by Gasteiger charge is -2.23. The summed E-state index contributed by atoms with van der Waals surface area (Å²) in [6, 6.07) is 1.91. The zero-order chi connectivity index (χ0) is 15.7. The van der Waals surface area contributed by atoms with E-state index in [4.69, 9.17) is 0 Å². The topological polar surface area (TPSA) is 70.1 Å². The predicted molar refractivity (Wildman–Crippen MR) is 92.3 cm³/mol. The summed E-state index contributed by atoms with van der Waals surface area (Å²) < 4.78 is 0. The Morgan fingerprint density at radius 2 is 1.86 bits per heavy atom. The van der Waals surface area contributed by atoms with E-state index in [0.717, 1.165) is 43.3 Å². The van der Waals surface area contributed by atoms with E-state index in [0.29, 0.717) is 12.3 Å². The van der Waals surface area contributed by atoms with Crippen molar-refractivity contribution < 1.29 is 5.11 Å². The summed E-state index contributed by atoms with van der Waals surface area (Å²) >= 11 is 1.63. The molecule has 21 heavy (non-hydrogen) atoms. The van der Waals surface area contributed by atoms with Gasteiger partial charge in [-0.05, 0) is 26.0 Å². The van der Waals surface area contributed by atoms with E-state index >= 15 is 0 Å². The van der Waals surface area contributed by atoms with Crippen molar-refractivity contribution in [2.75, 3.05) is 35.7 Å². The number of nitrogens with one attached hydrogen (secondary N) is 2. The van der Waals surface area contributed by atoms with Crippen LogP contribution in [-0.4, -0.2) is 45.8 Å². The minimum Gasteiger partial charge on any atom is -0.387 e. The number of hydrogen-bond donors (Lipinski definition) is 3. The summed E-state index contributed by atoms with van der Waals surface area (Å²) in [7, 11) is 0. The molecule has 0 fully saturated rings. The molecule has 6 heteroatoms. The monoisotopic (exact) mass is 312 g/mol. The quantitative estimate of drug-likeness (QED) is 0.617. The molecule has 0 radical (unpaired) electrons. The third-order valence-electron chi connectivity index (χ3n) is 2.91. The molecule has 0 aliphatic heterocycles. The van der Waals surface area contributed by atoms with Crippen LogP contribution in [0, 0.1) is 0 Å². The molecule has 0 aromatic carbocycles. The van der Waals surface area contributed by atoms with Crippen molar-refractivity contribution in [1.82, 2.24) is 9.97 Å². The molecular weight excluding hydrogens is 284 g/mol. The summed E-state index contributed by atoms with van der Waals surface area (Å²) in [5.74, 6) is 3.15. The Hall–Kier alpha value is -1.01. The largest absolute Gasteiger partial charge is 0.387 e. The van der Waals surface area contributed by atoms with Crippen molar-refractivity contribution in [3.8, 4) is 0 Å². The van der Waals surface area contributed by atoms with Gasteiger partial charge in [0, 0.05) is 31.3 Å². The number of aromatic nitrogens is 2. The van der Waals surface area contributed by atoms with Crippen molar-refractivity contribution in [1.29, 1.82) is 0 Å². The third-order valence-corrected chi connectivity index (χ3v) is 3.82. The third kappa shape index (κ3) is 7.00. The first-order valence-corrected chi connectivity index (χ1v) is 8.97. The van der Waals surface area contributed by atoms with Gasteiger partial charge < -0.3 is 15.7 Å². The molecule has 0 aliphatic carbocycles. The van der Waals surface area contributed by atoms with Gasteiger partial charge in [0.05, 0.1) is 5.60 Å². The Kier molecular flexibility index (Phi) is 7.82. The fourth-order valence-corrected chi connectivity index (χ4v) is 2.63. The van der Waals surface area contributed by atoms with Crippen molar-refractivity contribution in [2.24, 2.45) is 0 Å². The Morgan fingerprint density at radius 1 is 1.19 bits per heavy atom. The highest BCUT2D eigenvalue weighted by Gasteiger charge is 2.19. The predicted octanol–water partition coefficient (Wildman–Crippen LogP) is 2.78. The SMILES string of the molecule is CCCNc1cc(NCC(C)(O)CSC)nc(CCC)n1. The highest BCUT2D eigenvalue weighted by atomic mass is 32.2. The Bertz CT molecular complexity index is 426. The van der Waals surface area contributed by atoms with Gasteiger partial charge in [0.1, 0.15) is 17.5 Å². The second kappa shape index (κ2) is 9.10. The number of rotatable bonds is 10. The Labute approximate surface area is 132 Å². The van der Waals surface area contributed by atoms with Gasteiger partial charge in [-0.2, -0.15) is 11.8 Å². The van der Waals surface area contributed by atoms with Crippen LogP contribution < -0.4 is 10.6 Å². The molecule has 5 nitrogen and oxygen atoms in total. The molecule has 0 amide bonds. The molecular formula is C15H28N4OS. The average Bonchev–Trinajstić information content (AvgIpc) is 2.43. The van der Waals surface area contributed by atoms with Gasteiger partial charge in [-0.1, -0.05) is 13.8 Å². The van der Waals surface area contributed by atoms with Crippen LogP contribution in [0.1, 0.15) is 39.4 Å². The molecule has 0 spiro atoms. The van der Waals surface area contributed by atoms with E-state index in [-0.39, 0.29) is 0 Å². The van der Waals surface area contributed by atoms with Gasteiger partial charge in [0.25, 0.3) is 0 Å². The van der Waals surface area contributed by atoms with Crippen LogP contribution in [0.25, 0.3) is 0 Å². The highest BCUT2D eigenvalue weighted by molar-refractivity contribution is 7.98. The molecule has 1 unspecified atom stereocenters. The van der Waals surface area contributed by atoms with Crippen molar-refractivity contribution in [3.63, 3.8) is 0 Å². The maximum Gasteiger partial charge on any atom is 0.133 e. The number of aliphatic hydroxyl groups is 1. The molecule has 0 bridgehead atoms. The fraction of sp³-hybridized carbons (Fsp3) is 0.733. The van der Waals surface area contributed by atoms with Crippen LogP contribution in [-0.2, 0) is 6.42 Å². The number of hydrogen-bond acceptors (Lipinski definition) is 6. The van der Waals surface area contributed by atoms with E-state index in [2.05, 4.69) is 34.4 Å². The number of anilines is 2. The minimum absolute atomic E-state index is 0.476. The van der Waals surface area contributed by atoms with Gasteiger partial charge in [-0.15, -0.1) is 0 Å². The second-order valence-electron chi connectivity index (χ2n) is 5.51. The lowest BCUT2D eigenvalue weighted by Crippen LogP contribution is -2.36. The fourth-order valence-electron chi connectivity index (χ4n) is 1.91. The summed E-state index contributed by atoms with van der Waals surface area (Å²) in [6.45, 7) is 7.45. The molecule has 1 aromatic heterocycles. The first kappa shape index (κ1) is 18.0. The summed E-state index contributed by atoms with van der Waals surface area (Å²) in [5.41, 5.74) is -0.744. The molecule has 1 rings (SSSR count). The van der Waals surface area contributed by atoms with Crippen LogP contribution in [0.3, 0.4) is 0 Å². The van der Waals surface area contributed by atoms with Crippen molar-refractivity contribution in [2.45, 2.75) is 45.6 Å². The lowest BCUT2D eigenvalue weighted by atomic mass is 10.1. The lowest BCUT2D eigenvalue weighted by molar-refractivity contribution is 0.0996. The number of aryl methyl sites for hydroxylation is 1. The van der Waals surface area contributed by atoms with Crippen LogP contribution >= 0.6 is 11.8 Å². The normalized spacial score (nSPS) is 13.8. The molecule has 1 heterocycles. The minimum atomic E-state index is -0.744. The first-order valence-electron chi connectivity index (χ1n) is 7.57. The summed E-state index contributed by atoms with van der Waals surface area (Å²) in [6.07, 6.45) is 4.92. The van der Waals surface area contributed by atoms with Crippen LogP contribution in [0.4, 0.5) is 11.6 Å². The Morgan fingerprint density at radius 3 is 2.43 bits per heavy atom. The highest BCUT2D eigenvalue weighted by Crippen LogP contribution is 2.15. The van der Waals surface area contributed by atoms with Gasteiger partial charge in [0.2, 0.25) is 0 Å². The first-order chi connectivity index (χ1) is 10.0. The van der Waals surface area contributed by atoms with Gasteiger partial charge in [0.15, 0.2) is 0 Å². The van der Waals surface area contributed by atoms with E-state index < -0.39 is 5.60 Å². The zero-order valence-corrected chi connectivity index (χ0v) is 14.4. The smallest absolute Gasteiger partial charge is 0.133 e. The molecule has 0 saturated heterocycles. The molecule has 120 valence electrons.